The maximum absolute atomic E-state index is 13.1. The van der Waals surface area contributed by atoms with Crippen LogP contribution in [0, 0.1) is 5.82 Å². The SMILES string of the molecule is COc1ccc(N(C)OC)cc1F. The van der Waals surface area contributed by atoms with Gasteiger partial charge in [0.2, 0.25) is 0 Å². The van der Waals surface area contributed by atoms with Gasteiger partial charge in [0.1, 0.15) is 0 Å². The number of anilines is 1. The van der Waals surface area contributed by atoms with E-state index in [4.69, 9.17) is 9.57 Å². The zero-order chi connectivity index (χ0) is 9.84. The Hall–Kier alpha value is -1.29. The molecule has 0 unspecified atom stereocenters. The molecule has 0 bridgehead atoms. The monoisotopic (exact) mass is 185 g/mol. The minimum Gasteiger partial charge on any atom is -0.494 e. The summed E-state index contributed by atoms with van der Waals surface area (Å²) in [7, 11) is 4.64. The lowest BCUT2D eigenvalue weighted by molar-refractivity contribution is 0.184. The van der Waals surface area contributed by atoms with E-state index in [0.717, 1.165) is 0 Å². The third kappa shape index (κ3) is 2.09. The molecule has 1 aromatic carbocycles. The fourth-order valence-electron chi connectivity index (χ4n) is 0.957. The molecule has 4 heteroatoms. The van der Waals surface area contributed by atoms with Gasteiger partial charge in [0.15, 0.2) is 11.6 Å². The van der Waals surface area contributed by atoms with Crippen LogP contribution in [0.3, 0.4) is 0 Å². The molecule has 0 saturated carbocycles. The summed E-state index contributed by atoms with van der Waals surface area (Å²) in [4.78, 5) is 4.89. The highest BCUT2D eigenvalue weighted by molar-refractivity contribution is 5.47. The maximum atomic E-state index is 13.1. The van der Waals surface area contributed by atoms with Crippen molar-refractivity contribution in [3.05, 3.63) is 24.0 Å². The van der Waals surface area contributed by atoms with Gasteiger partial charge in [-0.2, -0.15) is 0 Å². The van der Waals surface area contributed by atoms with Crippen LogP contribution in [0.4, 0.5) is 10.1 Å². The number of nitrogens with zero attached hydrogens (tertiary/aromatic N) is 1. The molecule has 0 atom stereocenters. The lowest BCUT2D eigenvalue weighted by Gasteiger charge is -2.16. The lowest BCUT2D eigenvalue weighted by atomic mass is 10.3. The highest BCUT2D eigenvalue weighted by atomic mass is 19.1. The topological polar surface area (TPSA) is 21.7 Å². The first-order valence-electron chi connectivity index (χ1n) is 3.80. The first-order chi connectivity index (χ1) is 6.19. The van der Waals surface area contributed by atoms with Crippen LogP contribution in [-0.4, -0.2) is 21.3 Å². The van der Waals surface area contributed by atoms with Crippen molar-refractivity contribution in [1.29, 1.82) is 0 Å². The molecule has 1 rings (SSSR count). The van der Waals surface area contributed by atoms with Crippen molar-refractivity contribution < 1.29 is 14.0 Å². The van der Waals surface area contributed by atoms with Gasteiger partial charge in [-0.1, -0.05) is 0 Å². The van der Waals surface area contributed by atoms with Crippen molar-refractivity contribution in [1.82, 2.24) is 0 Å². The van der Waals surface area contributed by atoms with Gasteiger partial charge < -0.3 is 4.74 Å². The summed E-state index contributed by atoms with van der Waals surface area (Å²) >= 11 is 0. The minimum absolute atomic E-state index is 0.230. The van der Waals surface area contributed by atoms with E-state index in [2.05, 4.69) is 0 Å². The summed E-state index contributed by atoms with van der Waals surface area (Å²) in [6, 6.07) is 4.62. The van der Waals surface area contributed by atoms with E-state index in [1.165, 1.54) is 25.3 Å². The Bertz CT molecular complexity index is 291. The van der Waals surface area contributed by atoms with Crippen LogP contribution in [0.5, 0.6) is 5.75 Å². The molecule has 0 aliphatic carbocycles. The number of hydrogen-bond donors (Lipinski definition) is 0. The van der Waals surface area contributed by atoms with Crippen molar-refractivity contribution >= 4 is 5.69 Å². The van der Waals surface area contributed by atoms with Crippen LogP contribution in [-0.2, 0) is 4.84 Å². The number of hydroxylamine groups is 1. The normalized spacial score (nSPS) is 9.85. The van der Waals surface area contributed by atoms with E-state index >= 15 is 0 Å². The molecule has 0 N–H and O–H groups in total. The van der Waals surface area contributed by atoms with E-state index in [1.807, 2.05) is 0 Å². The van der Waals surface area contributed by atoms with Crippen molar-refractivity contribution in [2.24, 2.45) is 0 Å². The summed E-state index contributed by atoms with van der Waals surface area (Å²) in [6.45, 7) is 0. The fraction of sp³-hybridized carbons (Fsp3) is 0.333. The fourth-order valence-corrected chi connectivity index (χ4v) is 0.957. The summed E-state index contributed by atoms with van der Waals surface area (Å²) < 4.78 is 17.9. The van der Waals surface area contributed by atoms with Crippen LogP contribution in [0.2, 0.25) is 0 Å². The number of hydrogen-bond acceptors (Lipinski definition) is 3. The zero-order valence-corrected chi connectivity index (χ0v) is 7.87. The average Bonchev–Trinajstić information content (AvgIpc) is 2.16. The lowest BCUT2D eigenvalue weighted by Crippen LogP contribution is -2.14. The average molecular weight is 185 g/mol. The third-order valence-electron chi connectivity index (χ3n) is 1.77. The van der Waals surface area contributed by atoms with Crippen LogP contribution in [0.25, 0.3) is 0 Å². The van der Waals surface area contributed by atoms with Crippen molar-refractivity contribution in [2.45, 2.75) is 0 Å². The van der Waals surface area contributed by atoms with E-state index in [-0.39, 0.29) is 5.75 Å². The molecule has 3 nitrogen and oxygen atoms in total. The largest absolute Gasteiger partial charge is 0.494 e. The molecular formula is C9H12FNO2. The predicted molar refractivity (Wildman–Crippen MR) is 48.4 cm³/mol. The highest BCUT2D eigenvalue weighted by Gasteiger charge is 2.05. The number of benzene rings is 1. The van der Waals surface area contributed by atoms with Crippen LogP contribution >= 0.6 is 0 Å². The second-order valence-electron chi connectivity index (χ2n) is 2.50. The van der Waals surface area contributed by atoms with Gasteiger partial charge in [0, 0.05) is 13.1 Å². The second-order valence-corrected chi connectivity index (χ2v) is 2.50. The van der Waals surface area contributed by atoms with Crippen LogP contribution < -0.4 is 9.80 Å². The molecule has 0 amide bonds. The number of rotatable bonds is 3. The summed E-state index contributed by atoms with van der Waals surface area (Å²) in [6.07, 6.45) is 0. The summed E-state index contributed by atoms with van der Waals surface area (Å²) in [5.74, 6) is -0.169. The van der Waals surface area contributed by atoms with Gasteiger partial charge in [-0.25, -0.2) is 4.39 Å². The molecule has 0 radical (unpaired) electrons. The number of ether oxygens (including phenoxy) is 1. The molecule has 0 aliphatic heterocycles. The molecule has 0 spiro atoms. The van der Waals surface area contributed by atoms with E-state index in [0.29, 0.717) is 5.69 Å². The third-order valence-corrected chi connectivity index (χ3v) is 1.77. The molecule has 0 saturated heterocycles. The molecule has 0 heterocycles. The number of methoxy groups -OCH3 is 1. The van der Waals surface area contributed by atoms with Crippen LogP contribution in [0.1, 0.15) is 0 Å². The minimum atomic E-state index is -0.399. The van der Waals surface area contributed by atoms with Crippen molar-refractivity contribution in [3.63, 3.8) is 0 Å². The Labute approximate surface area is 76.6 Å². The van der Waals surface area contributed by atoms with Gasteiger partial charge in [-0.05, 0) is 12.1 Å². The maximum Gasteiger partial charge on any atom is 0.167 e. The van der Waals surface area contributed by atoms with Crippen LogP contribution in [0.15, 0.2) is 18.2 Å². The predicted octanol–water partition coefficient (Wildman–Crippen LogP) is 1.83. The van der Waals surface area contributed by atoms with Gasteiger partial charge in [0.05, 0.1) is 19.9 Å². The molecule has 0 aromatic heterocycles. The van der Waals surface area contributed by atoms with E-state index in [9.17, 15) is 4.39 Å². The van der Waals surface area contributed by atoms with Crippen molar-refractivity contribution in [2.75, 3.05) is 26.3 Å². The van der Waals surface area contributed by atoms with Gasteiger partial charge in [0.25, 0.3) is 0 Å². The van der Waals surface area contributed by atoms with Gasteiger partial charge >= 0.3 is 0 Å². The van der Waals surface area contributed by atoms with E-state index < -0.39 is 5.82 Å². The summed E-state index contributed by atoms with van der Waals surface area (Å²) in [5, 5.41) is 1.46. The molecule has 0 aliphatic rings. The Morgan fingerprint density at radius 2 is 2.00 bits per heavy atom. The Kier molecular flexibility index (Phi) is 3.08. The Morgan fingerprint density at radius 1 is 1.31 bits per heavy atom. The van der Waals surface area contributed by atoms with Gasteiger partial charge in [-0.15, -0.1) is 0 Å². The molecule has 0 fully saturated rings. The standard InChI is InChI=1S/C9H12FNO2/c1-11(13-3)7-4-5-9(12-2)8(10)6-7/h4-6H,1-3H3. The molecule has 1 aromatic rings. The quantitative estimate of drug-likeness (QED) is 0.670. The first-order valence-corrected chi connectivity index (χ1v) is 3.80. The Balaban J connectivity index is 2.95. The first kappa shape index (κ1) is 9.80. The van der Waals surface area contributed by atoms with Crippen molar-refractivity contribution in [3.8, 4) is 5.75 Å². The van der Waals surface area contributed by atoms with Gasteiger partial charge in [-0.3, -0.25) is 9.90 Å². The Morgan fingerprint density at radius 3 is 2.46 bits per heavy atom. The molecule has 72 valence electrons. The second kappa shape index (κ2) is 4.09. The highest BCUT2D eigenvalue weighted by Crippen LogP contribution is 2.22. The zero-order valence-electron chi connectivity index (χ0n) is 7.87. The number of halogens is 1. The van der Waals surface area contributed by atoms with E-state index in [1.54, 1.807) is 19.2 Å². The smallest absolute Gasteiger partial charge is 0.167 e. The molecular weight excluding hydrogens is 173 g/mol. The summed E-state index contributed by atoms with van der Waals surface area (Å²) in [5.41, 5.74) is 0.640. The molecule has 13 heavy (non-hydrogen) atoms.